The third-order valence-corrected chi connectivity index (χ3v) is 6.61. The standard InChI is InChI=1S/C26H38N4O3/c1-5-33-26(32)25-20(2)23(28(4)21(25)3)11-12-24(31)27-13-14-29-15-17-30(18-16-29)19-22-9-7-6-8-10-22/h6-10H,5,11-19H2,1-4H3,(H,27,31). The molecule has 180 valence electrons. The first-order chi connectivity index (χ1) is 15.9. The summed E-state index contributed by atoms with van der Waals surface area (Å²) in [6.07, 6.45) is 1.01. The second-order valence-electron chi connectivity index (χ2n) is 8.76. The summed E-state index contributed by atoms with van der Waals surface area (Å²) >= 11 is 0. The molecule has 0 saturated carbocycles. The number of amides is 1. The zero-order valence-electron chi connectivity index (χ0n) is 20.5. The van der Waals surface area contributed by atoms with Crippen LogP contribution in [0.2, 0.25) is 0 Å². The van der Waals surface area contributed by atoms with Gasteiger partial charge >= 0.3 is 5.97 Å². The van der Waals surface area contributed by atoms with Crippen molar-refractivity contribution < 1.29 is 14.3 Å². The minimum absolute atomic E-state index is 0.0497. The van der Waals surface area contributed by atoms with Crippen molar-refractivity contribution in [1.29, 1.82) is 0 Å². The molecule has 0 unspecified atom stereocenters. The van der Waals surface area contributed by atoms with E-state index < -0.39 is 0 Å². The van der Waals surface area contributed by atoms with Crippen molar-refractivity contribution in [3.63, 3.8) is 0 Å². The highest BCUT2D eigenvalue weighted by molar-refractivity contribution is 5.93. The molecule has 1 aromatic carbocycles. The van der Waals surface area contributed by atoms with E-state index in [1.165, 1.54) is 5.56 Å². The van der Waals surface area contributed by atoms with Gasteiger partial charge in [-0.3, -0.25) is 14.6 Å². The van der Waals surface area contributed by atoms with Gasteiger partial charge in [-0.25, -0.2) is 4.79 Å². The molecule has 1 saturated heterocycles. The molecule has 1 amide bonds. The molecule has 1 aliphatic heterocycles. The number of rotatable bonds is 10. The van der Waals surface area contributed by atoms with E-state index in [0.29, 0.717) is 31.6 Å². The number of nitrogens with zero attached hydrogens (tertiary/aromatic N) is 3. The third kappa shape index (κ3) is 6.68. The molecule has 2 heterocycles. The van der Waals surface area contributed by atoms with Crippen LogP contribution in [0.4, 0.5) is 0 Å². The topological polar surface area (TPSA) is 66.8 Å². The average Bonchev–Trinajstić information content (AvgIpc) is 3.02. The van der Waals surface area contributed by atoms with Crippen molar-refractivity contribution in [1.82, 2.24) is 19.7 Å². The number of carbonyl (C=O) groups is 2. The van der Waals surface area contributed by atoms with Crippen LogP contribution in [0.15, 0.2) is 30.3 Å². The molecular formula is C26H38N4O3. The molecular weight excluding hydrogens is 416 g/mol. The predicted octanol–water partition coefficient (Wildman–Crippen LogP) is 2.69. The van der Waals surface area contributed by atoms with Crippen molar-refractivity contribution in [3.05, 3.63) is 58.4 Å². The molecule has 0 bridgehead atoms. The van der Waals surface area contributed by atoms with Gasteiger partial charge in [-0.05, 0) is 38.3 Å². The highest BCUT2D eigenvalue weighted by atomic mass is 16.5. The van der Waals surface area contributed by atoms with Crippen molar-refractivity contribution in [2.45, 2.75) is 40.2 Å². The molecule has 7 heteroatoms. The van der Waals surface area contributed by atoms with Crippen molar-refractivity contribution in [2.24, 2.45) is 7.05 Å². The van der Waals surface area contributed by atoms with Gasteiger partial charge in [-0.2, -0.15) is 0 Å². The van der Waals surface area contributed by atoms with E-state index in [9.17, 15) is 9.59 Å². The summed E-state index contributed by atoms with van der Waals surface area (Å²) in [5.74, 6) is -0.240. The largest absolute Gasteiger partial charge is 0.462 e. The molecule has 7 nitrogen and oxygen atoms in total. The van der Waals surface area contributed by atoms with Gasteiger partial charge in [0.1, 0.15) is 0 Å². The van der Waals surface area contributed by atoms with Crippen LogP contribution >= 0.6 is 0 Å². The highest BCUT2D eigenvalue weighted by Crippen LogP contribution is 2.23. The Labute approximate surface area is 197 Å². The quantitative estimate of drug-likeness (QED) is 0.559. The van der Waals surface area contributed by atoms with E-state index in [0.717, 1.165) is 56.2 Å². The molecule has 1 fully saturated rings. The van der Waals surface area contributed by atoms with Gasteiger partial charge in [0.15, 0.2) is 0 Å². The summed E-state index contributed by atoms with van der Waals surface area (Å²) < 4.78 is 7.20. The molecule has 1 aliphatic rings. The number of nitrogens with one attached hydrogen (secondary N) is 1. The molecule has 1 N–H and O–H groups in total. The highest BCUT2D eigenvalue weighted by Gasteiger charge is 2.22. The fraction of sp³-hybridized carbons (Fsp3) is 0.538. The molecule has 0 spiro atoms. The van der Waals surface area contributed by atoms with E-state index in [1.807, 2.05) is 25.5 Å². The first-order valence-corrected chi connectivity index (χ1v) is 12.0. The van der Waals surface area contributed by atoms with Crippen LogP contribution in [0, 0.1) is 13.8 Å². The van der Waals surface area contributed by atoms with Gasteiger partial charge < -0.3 is 14.6 Å². The summed E-state index contributed by atoms with van der Waals surface area (Å²) in [6, 6.07) is 10.6. The lowest BCUT2D eigenvalue weighted by atomic mass is 10.1. The molecule has 0 atom stereocenters. The molecule has 33 heavy (non-hydrogen) atoms. The maximum absolute atomic E-state index is 12.4. The minimum Gasteiger partial charge on any atom is -0.462 e. The first kappa shape index (κ1) is 25.0. The number of hydrogen-bond acceptors (Lipinski definition) is 5. The second kappa shape index (κ2) is 12.0. The average molecular weight is 455 g/mol. The molecule has 0 aliphatic carbocycles. The lowest BCUT2D eigenvalue weighted by Crippen LogP contribution is -2.48. The number of piperazine rings is 1. The smallest absolute Gasteiger partial charge is 0.340 e. The summed E-state index contributed by atoms with van der Waals surface area (Å²) in [5, 5.41) is 3.06. The van der Waals surface area contributed by atoms with Crippen LogP contribution in [0.5, 0.6) is 0 Å². The van der Waals surface area contributed by atoms with Crippen LogP contribution in [-0.2, 0) is 29.5 Å². The van der Waals surface area contributed by atoms with Crippen LogP contribution in [0.1, 0.15) is 46.2 Å². The third-order valence-electron chi connectivity index (χ3n) is 6.61. The Morgan fingerprint density at radius 3 is 2.36 bits per heavy atom. The van der Waals surface area contributed by atoms with Gasteiger partial charge in [-0.1, -0.05) is 30.3 Å². The van der Waals surface area contributed by atoms with Gasteiger partial charge in [0.25, 0.3) is 0 Å². The zero-order chi connectivity index (χ0) is 23.8. The normalized spacial score (nSPS) is 14.9. The fourth-order valence-electron chi connectivity index (χ4n) is 4.58. The van der Waals surface area contributed by atoms with Gasteiger partial charge in [0, 0.05) is 70.7 Å². The molecule has 2 aromatic rings. The number of hydrogen-bond donors (Lipinski definition) is 1. The van der Waals surface area contributed by atoms with E-state index in [4.69, 9.17) is 4.74 Å². The summed E-state index contributed by atoms with van der Waals surface area (Å²) in [5.41, 5.74) is 4.79. The Morgan fingerprint density at radius 2 is 1.70 bits per heavy atom. The van der Waals surface area contributed by atoms with Crippen molar-refractivity contribution in [3.8, 4) is 0 Å². The van der Waals surface area contributed by atoms with Crippen LogP contribution in [0.3, 0.4) is 0 Å². The number of esters is 1. The van der Waals surface area contributed by atoms with E-state index >= 15 is 0 Å². The summed E-state index contributed by atoms with van der Waals surface area (Å²) in [7, 11) is 1.94. The number of benzene rings is 1. The molecule has 1 aromatic heterocycles. The van der Waals surface area contributed by atoms with E-state index in [2.05, 4.69) is 45.4 Å². The Balaban J connectivity index is 1.38. The fourth-order valence-corrected chi connectivity index (χ4v) is 4.58. The first-order valence-electron chi connectivity index (χ1n) is 12.0. The van der Waals surface area contributed by atoms with Crippen LogP contribution in [0.25, 0.3) is 0 Å². The monoisotopic (exact) mass is 454 g/mol. The number of carbonyl (C=O) groups excluding carboxylic acids is 2. The number of aromatic nitrogens is 1. The van der Waals surface area contributed by atoms with Gasteiger partial charge in [-0.15, -0.1) is 0 Å². The maximum Gasteiger partial charge on any atom is 0.340 e. The Morgan fingerprint density at radius 1 is 1.03 bits per heavy atom. The Bertz CT molecular complexity index is 931. The predicted molar refractivity (Wildman–Crippen MR) is 130 cm³/mol. The second-order valence-corrected chi connectivity index (χ2v) is 8.76. The van der Waals surface area contributed by atoms with Crippen LogP contribution in [-0.4, -0.2) is 72.1 Å². The van der Waals surface area contributed by atoms with Crippen molar-refractivity contribution in [2.75, 3.05) is 45.9 Å². The minimum atomic E-state index is -0.289. The lowest BCUT2D eigenvalue weighted by molar-refractivity contribution is -0.121. The Kier molecular flexibility index (Phi) is 9.09. The zero-order valence-corrected chi connectivity index (χ0v) is 20.5. The van der Waals surface area contributed by atoms with Crippen molar-refractivity contribution >= 4 is 11.9 Å². The lowest BCUT2D eigenvalue weighted by Gasteiger charge is -2.34. The Hall–Kier alpha value is -2.64. The summed E-state index contributed by atoms with van der Waals surface area (Å²) in [4.78, 5) is 29.6. The van der Waals surface area contributed by atoms with Gasteiger partial charge in [0.05, 0.1) is 12.2 Å². The van der Waals surface area contributed by atoms with E-state index in [1.54, 1.807) is 6.92 Å². The molecule has 3 rings (SSSR count). The summed E-state index contributed by atoms with van der Waals surface area (Å²) in [6.45, 7) is 12.7. The van der Waals surface area contributed by atoms with Crippen LogP contribution < -0.4 is 5.32 Å². The molecule has 0 radical (unpaired) electrons. The van der Waals surface area contributed by atoms with Gasteiger partial charge in [0.2, 0.25) is 5.91 Å². The SMILES string of the molecule is CCOC(=O)c1c(C)c(CCC(=O)NCCN2CCN(Cc3ccccc3)CC2)n(C)c1C. The maximum atomic E-state index is 12.4. The van der Waals surface area contributed by atoms with E-state index in [-0.39, 0.29) is 11.9 Å². The number of ether oxygens (including phenoxy) is 1.